The molecule has 0 atom stereocenters. The molecule has 0 fully saturated rings. The van der Waals surface area contributed by atoms with Crippen molar-refractivity contribution in [1.82, 2.24) is 0 Å². The smallest absolute Gasteiger partial charge is 0.308 e. The Balaban J connectivity index is 1.75. The number of nitrogens with one attached hydrogen (secondary N) is 2. The Labute approximate surface area is 138 Å². The molecule has 0 unspecified atom stereocenters. The highest BCUT2D eigenvalue weighted by Crippen LogP contribution is 2.23. The molecule has 0 saturated carbocycles. The number of fused-ring (bicyclic) bond motifs is 1. The van der Waals surface area contributed by atoms with Crippen LogP contribution in [0.15, 0.2) is 60.7 Å². The predicted octanol–water partition coefficient (Wildman–Crippen LogP) is 4.70. The van der Waals surface area contributed by atoms with Crippen LogP contribution in [0.1, 0.15) is 5.56 Å². The lowest BCUT2D eigenvalue weighted by atomic mass is 10.1. The van der Waals surface area contributed by atoms with Gasteiger partial charge in [0.25, 0.3) is 5.69 Å². The van der Waals surface area contributed by atoms with Crippen molar-refractivity contribution in [1.29, 1.82) is 0 Å². The van der Waals surface area contributed by atoms with Crippen LogP contribution in [-0.4, -0.2) is 11.0 Å². The highest BCUT2D eigenvalue weighted by molar-refractivity contribution is 6.01. The van der Waals surface area contributed by atoms with Crippen molar-refractivity contribution in [3.63, 3.8) is 0 Å². The van der Waals surface area contributed by atoms with Crippen LogP contribution in [0.4, 0.5) is 21.9 Å². The fourth-order valence-electron chi connectivity index (χ4n) is 2.44. The highest BCUT2D eigenvalue weighted by atomic mass is 16.6. The van der Waals surface area contributed by atoms with E-state index in [0.29, 0.717) is 16.9 Å². The van der Waals surface area contributed by atoms with Gasteiger partial charge in [0.15, 0.2) is 0 Å². The first-order valence-electron chi connectivity index (χ1n) is 7.35. The van der Waals surface area contributed by atoms with Crippen molar-refractivity contribution in [3.05, 3.63) is 76.3 Å². The summed E-state index contributed by atoms with van der Waals surface area (Å²) in [5.41, 5.74) is 1.53. The Morgan fingerprint density at radius 2 is 1.54 bits per heavy atom. The molecule has 0 aliphatic heterocycles. The summed E-state index contributed by atoms with van der Waals surface area (Å²) < 4.78 is 0. The number of benzene rings is 3. The van der Waals surface area contributed by atoms with Crippen LogP contribution < -0.4 is 10.6 Å². The van der Waals surface area contributed by atoms with Crippen molar-refractivity contribution >= 4 is 33.9 Å². The van der Waals surface area contributed by atoms with Gasteiger partial charge in [-0.05, 0) is 35.9 Å². The summed E-state index contributed by atoms with van der Waals surface area (Å²) in [6.45, 7) is 1.65. The third kappa shape index (κ3) is 3.33. The highest BCUT2D eigenvalue weighted by Gasteiger charge is 2.12. The second-order valence-corrected chi connectivity index (χ2v) is 5.40. The van der Waals surface area contributed by atoms with Crippen LogP contribution in [-0.2, 0) is 0 Å². The van der Waals surface area contributed by atoms with Crippen LogP contribution in [0.5, 0.6) is 0 Å². The maximum atomic E-state index is 12.1. The summed E-state index contributed by atoms with van der Waals surface area (Å²) in [5.74, 6) is 0. The van der Waals surface area contributed by atoms with E-state index >= 15 is 0 Å². The van der Waals surface area contributed by atoms with Gasteiger partial charge in [0.2, 0.25) is 0 Å². The lowest BCUT2D eigenvalue weighted by molar-refractivity contribution is -0.385. The van der Waals surface area contributed by atoms with Gasteiger partial charge in [0.05, 0.1) is 4.92 Å². The molecule has 120 valence electrons. The molecule has 6 heteroatoms. The van der Waals surface area contributed by atoms with Crippen LogP contribution in [0, 0.1) is 17.0 Å². The van der Waals surface area contributed by atoms with Gasteiger partial charge in [-0.3, -0.25) is 10.1 Å². The second kappa shape index (κ2) is 6.37. The summed E-state index contributed by atoms with van der Waals surface area (Å²) in [6, 6.07) is 17.5. The Hall–Kier alpha value is -3.41. The van der Waals surface area contributed by atoms with Gasteiger partial charge in [-0.1, -0.05) is 36.4 Å². The molecular formula is C18H15N3O3. The number of nitro groups is 1. The van der Waals surface area contributed by atoms with Crippen LogP contribution in [0.25, 0.3) is 10.8 Å². The van der Waals surface area contributed by atoms with Gasteiger partial charge in [0, 0.05) is 23.0 Å². The number of nitro benzene ring substituents is 1. The number of urea groups is 1. The maximum Gasteiger partial charge on any atom is 0.323 e. The number of carbonyl (C=O) groups is 1. The molecule has 3 aromatic carbocycles. The number of amides is 2. The number of hydrogen-bond acceptors (Lipinski definition) is 3. The van der Waals surface area contributed by atoms with Crippen LogP contribution >= 0.6 is 0 Å². The fraction of sp³-hybridized carbons (Fsp3) is 0.0556. The first-order chi connectivity index (χ1) is 11.5. The van der Waals surface area contributed by atoms with Gasteiger partial charge < -0.3 is 10.6 Å². The third-order valence-electron chi connectivity index (χ3n) is 3.67. The Bertz CT molecular complexity index is 938. The van der Waals surface area contributed by atoms with Gasteiger partial charge in [0.1, 0.15) is 0 Å². The fourth-order valence-corrected chi connectivity index (χ4v) is 2.44. The SMILES string of the molecule is Cc1ccc(NC(=O)Nc2ccc3ccccc3c2)cc1[N+](=O)[O-]. The van der Waals surface area contributed by atoms with E-state index in [1.54, 1.807) is 25.1 Å². The van der Waals surface area contributed by atoms with Gasteiger partial charge >= 0.3 is 6.03 Å². The monoisotopic (exact) mass is 321 g/mol. The molecule has 0 heterocycles. The number of nitrogens with zero attached hydrogens (tertiary/aromatic N) is 1. The molecule has 0 saturated heterocycles. The van der Waals surface area contributed by atoms with E-state index in [-0.39, 0.29) is 5.69 Å². The lowest BCUT2D eigenvalue weighted by Crippen LogP contribution is -2.19. The minimum Gasteiger partial charge on any atom is -0.308 e. The maximum absolute atomic E-state index is 12.1. The lowest BCUT2D eigenvalue weighted by Gasteiger charge is -2.09. The summed E-state index contributed by atoms with van der Waals surface area (Å²) in [4.78, 5) is 22.6. The second-order valence-electron chi connectivity index (χ2n) is 5.40. The van der Waals surface area contributed by atoms with E-state index in [2.05, 4.69) is 10.6 Å². The third-order valence-corrected chi connectivity index (χ3v) is 3.67. The normalized spacial score (nSPS) is 10.4. The van der Waals surface area contributed by atoms with E-state index in [4.69, 9.17) is 0 Å². The number of hydrogen-bond donors (Lipinski definition) is 2. The van der Waals surface area contributed by atoms with E-state index in [1.165, 1.54) is 6.07 Å². The molecule has 2 N–H and O–H groups in total. The van der Waals surface area contributed by atoms with Gasteiger partial charge in [-0.25, -0.2) is 4.79 Å². The topological polar surface area (TPSA) is 84.3 Å². The number of anilines is 2. The number of aryl methyl sites for hydroxylation is 1. The summed E-state index contributed by atoms with van der Waals surface area (Å²) in [5, 5.41) is 18.4. The quantitative estimate of drug-likeness (QED) is 0.541. The Morgan fingerprint density at radius 1 is 0.917 bits per heavy atom. The molecule has 0 aliphatic carbocycles. The molecule has 3 rings (SSSR count). The van der Waals surface area contributed by atoms with Crippen molar-refractivity contribution in [2.24, 2.45) is 0 Å². The largest absolute Gasteiger partial charge is 0.323 e. The summed E-state index contributed by atoms with van der Waals surface area (Å²) in [7, 11) is 0. The Kier molecular flexibility index (Phi) is 4.11. The number of carbonyl (C=O) groups excluding carboxylic acids is 1. The summed E-state index contributed by atoms with van der Waals surface area (Å²) >= 11 is 0. The van der Waals surface area contributed by atoms with Gasteiger partial charge in [-0.15, -0.1) is 0 Å². The van der Waals surface area contributed by atoms with E-state index in [0.717, 1.165) is 10.8 Å². The van der Waals surface area contributed by atoms with Crippen LogP contribution in [0.2, 0.25) is 0 Å². The standard InChI is InChI=1S/C18H15N3O3/c1-12-6-8-16(11-17(12)21(23)24)20-18(22)19-15-9-7-13-4-2-3-5-14(13)10-15/h2-11H,1H3,(H2,19,20,22). The molecule has 6 nitrogen and oxygen atoms in total. The predicted molar refractivity (Wildman–Crippen MR) is 94.4 cm³/mol. The molecule has 2 amide bonds. The molecular weight excluding hydrogens is 306 g/mol. The van der Waals surface area contributed by atoms with Crippen molar-refractivity contribution in [2.45, 2.75) is 6.92 Å². The molecule has 3 aromatic rings. The first-order valence-corrected chi connectivity index (χ1v) is 7.35. The van der Waals surface area contributed by atoms with E-state index in [1.807, 2.05) is 36.4 Å². The van der Waals surface area contributed by atoms with Crippen molar-refractivity contribution in [3.8, 4) is 0 Å². The van der Waals surface area contributed by atoms with Crippen molar-refractivity contribution in [2.75, 3.05) is 10.6 Å². The molecule has 0 spiro atoms. The number of rotatable bonds is 3. The van der Waals surface area contributed by atoms with Crippen LogP contribution in [0.3, 0.4) is 0 Å². The zero-order chi connectivity index (χ0) is 17.1. The zero-order valence-corrected chi connectivity index (χ0v) is 12.9. The van der Waals surface area contributed by atoms with Gasteiger partial charge in [-0.2, -0.15) is 0 Å². The minimum absolute atomic E-state index is 0.0292. The van der Waals surface area contributed by atoms with E-state index < -0.39 is 11.0 Å². The van der Waals surface area contributed by atoms with Crippen molar-refractivity contribution < 1.29 is 9.72 Å². The molecule has 0 bridgehead atoms. The molecule has 0 radical (unpaired) electrons. The van der Waals surface area contributed by atoms with E-state index in [9.17, 15) is 14.9 Å². The Morgan fingerprint density at radius 3 is 2.25 bits per heavy atom. The average molecular weight is 321 g/mol. The molecule has 0 aliphatic rings. The molecule has 0 aromatic heterocycles. The first kappa shape index (κ1) is 15.5. The summed E-state index contributed by atoms with van der Waals surface area (Å²) in [6.07, 6.45) is 0. The molecule has 24 heavy (non-hydrogen) atoms. The average Bonchev–Trinajstić information content (AvgIpc) is 2.56. The zero-order valence-electron chi connectivity index (χ0n) is 12.9. The minimum atomic E-state index is -0.470.